The van der Waals surface area contributed by atoms with Crippen LogP contribution in [0.4, 0.5) is 0 Å². The number of para-hydroxylation sites is 4. The number of benzene rings is 8. The highest BCUT2D eigenvalue weighted by Crippen LogP contribution is 2.45. The Bertz CT molecular complexity index is 3410. The van der Waals surface area contributed by atoms with Crippen molar-refractivity contribution >= 4 is 81.7 Å². The van der Waals surface area contributed by atoms with Gasteiger partial charge in [0.15, 0.2) is 5.82 Å². The van der Waals surface area contributed by atoms with Crippen molar-refractivity contribution in [1.82, 2.24) is 18.9 Å². The Morgan fingerprint density at radius 2 is 0.885 bits per heavy atom. The summed E-state index contributed by atoms with van der Waals surface area (Å²) in [6, 6.07) is 61.0. The first-order valence-corrected chi connectivity index (χ1v) is 17.8. The molecule has 8 aromatic carbocycles. The first-order valence-electron chi connectivity index (χ1n) is 17.8. The van der Waals surface area contributed by atoms with Gasteiger partial charge in [-0.2, -0.15) is 0 Å². The summed E-state index contributed by atoms with van der Waals surface area (Å²) in [7, 11) is 0. The van der Waals surface area contributed by atoms with E-state index in [4.69, 9.17) is 9.97 Å². The second kappa shape index (κ2) is 10.3. The van der Waals surface area contributed by atoms with Crippen LogP contribution in [-0.2, 0) is 0 Å². The van der Waals surface area contributed by atoms with Crippen molar-refractivity contribution in [1.29, 1.82) is 0 Å². The van der Waals surface area contributed by atoms with Crippen LogP contribution in [0, 0.1) is 0 Å². The molecular weight excluding hydrogens is 633 g/mol. The molecular formula is C48H28N4. The quantitative estimate of drug-likeness (QED) is 0.189. The Morgan fingerprint density at radius 3 is 1.71 bits per heavy atom. The van der Waals surface area contributed by atoms with E-state index in [1.54, 1.807) is 0 Å². The van der Waals surface area contributed by atoms with E-state index < -0.39 is 0 Å². The molecule has 12 rings (SSSR count). The van der Waals surface area contributed by atoms with Crippen molar-refractivity contribution in [3.05, 3.63) is 170 Å². The average molecular weight is 661 g/mol. The van der Waals surface area contributed by atoms with E-state index in [1.807, 2.05) is 12.1 Å². The molecule has 0 radical (unpaired) electrons. The molecule has 0 aliphatic rings. The molecule has 0 atom stereocenters. The lowest BCUT2D eigenvalue weighted by Gasteiger charge is -2.17. The summed E-state index contributed by atoms with van der Waals surface area (Å²) >= 11 is 0. The monoisotopic (exact) mass is 660 g/mol. The summed E-state index contributed by atoms with van der Waals surface area (Å²) in [5.41, 5.74) is 11.9. The number of rotatable bonds is 3. The number of aromatic nitrogens is 4. The molecule has 52 heavy (non-hydrogen) atoms. The van der Waals surface area contributed by atoms with E-state index in [2.05, 4.69) is 167 Å². The molecule has 0 aliphatic heterocycles. The van der Waals surface area contributed by atoms with Crippen molar-refractivity contribution < 1.29 is 0 Å². The van der Waals surface area contributed by atoms with E-state index in [1.165, 1.54) is 65.4 Å². The predicted molar refractivity (Wildman–Crippen MR) is 217 cm³/mol. The average Bonchev–Trinajstić information content (AvgIpc) is 3.69. The van der Waals surface area contributed by atoms with Crippen molar-refractivity contribution in [3.8, 4) is 28.2 Å². The van der Waals surface area contributed by atoms with Crippen LogP contribution in [0.5, 0.6) is 0 Å². The van der Waals surface area contributed by atoms with Gasteiger partial charge in [-0.05, 0) is 63.7 Å². The molecule has 0 spiro atoms. The van der Waals surface area contributed by atoms with Crippen LogP contribution in [0.15, 0.2) is 170 Å². The molecule has 0 N–H and O–H groups in total. The smallest absolute Gasteiger partial charge is 0.165 e. The lowest BCUT2D eigenvalue weighted by Crippen LogP contribution is -2.04. The Hall–Kier alpha value is -7.04. The topological polar surface area (TPSA) is 35.1 Å². The molecule has 12 aromatic rings. The first-order chi connectivity index (χ1) is 25.8. The summed E-state index contributed by atoms with van der Waals surface area (Å²) in [5.74, 6) is 0.821. The van der Waals surface area contributed by atoms with Crippen molar-refractivity contribution in [3.63, 3.8) is 0 Å². The third kappa shape index (κ3) is 3.60. The van der Waals surface area contributed by atoms with Crippen molar-refractivity contribution in [2.75, 3.05) is 0 Å². The van der Waals surface area contributed by atoms with Gasteiger partial charge in [-0.3, -0.25) is 4.57 Å². The standard InChI is InChI=1S/C48H28N4/c1-2-13-29(14-3-1)30-27-28-35(32-16-5-4-15-31(30)32)46-48(50-39-22-8-7-21-38(39)49-46)52-41-24-11-18-34-37-20-10-19-36-33-17-6-9-23-40(33)51(47(36)37)42-25-12-26-43(52)45(42)44(34)41/h1-28H. The molecule has 0 saturated carbocycles. The third-order valence-electron chi connectivity index (χ3n) is 11.0. The zero-order valence-electron chi connectivity index (χ0n) is 28.0. The molecule has 4 nitrogen and oxygen atoms in total. The summed E-state index contributed by atoms with van der Waals surface area (Å²) in [4.78, 5) is 11.0. The molecule has 0 aliphatic carbocycles. The lowest BCUT2D eigenvalue weighted by molar-refractivity contribution is 1.08. The zero-order valence-corrected chi connectivity index (χ0v) is 28.0. The lowest BCUT2D eigenvalue weighted by atomic mass is 9.93. The fraction of sp³-hybridized carbons (Fsp3) is 0. The van der Waals surface area contributed by atoms with Gasteiger partial charge < -0.3 is 4.40 Å². The highest BCUT2D eigenvalue weighted by Gasteiger charge is 2.25. The Kier molecular flexibility index (Phi) is 5.47. The molecule has 4 heterocycles. The largest absolute Gasteiger partial charge is 0.308 e. The maximum atomic E-state index is 5.50. The fourth-order valence-electron chi connectivity index (χ4n) is 8.92. The number of hydrogen-bond acceptors (Lipinski definition) is 2. The second-order valence-electron chi connectivity index (χ2n) is 13.7. The molecule has 4 heteroatoms. The highest BCUT2D eigenvalue weighted by molar-refractivity contribution is 6.31. The van der Waals surface area contributed by atoms with Gasteiger partial charge in [-0.25, -0.2) is 9.97 Å². The van der Waals surface area contributed by atoms with Gasteiger partial charge >= 0.3 is 0 Å². The molecule has 0 saturated heterocycles. The van der Waals surface area contributed by atoms with Crippen LogP contribution in [0.2, 0.25) is 0 Å². The maximum absolute atomic E-state index is 5.50. The van der Waals surface area contributed by atoms with Gasteiger partial charge in [0.1, 0.15) is 5.69 Å². The van der Waals surface area contributed by atoms with Crippen molar-refractivity contribution in [2.45, 2.75) is 0 Å². The van der Waals surface area contributed by atoms with Gasteiger partial charge in [0.2, 0.25) is 0 Å². The minimum absolute atomic E-state index is 0.821. The second-order valence-corrected chi connectivity index (χ2v) is 13.7. The molecule has 0 bridgehead atoms. The number of hydrogen-bond donors (Lipinski definition) is 0. The van der Waals surface area contributed by atoms with Crippen LogP contribution in [-0.4, -0.2) is 18.9 Å². The van der Waals surface area contributed by atoms with Crippen molar-refractivity contribution in [2.24, 2.45) is 0 Å². The summed E-state index contributed by atoms with van der Waals surface area (Å²) in [6.07, 6.45) is 0. The normalized spacial score (nSPS) is 12.2. The summed E-state index contributed by atoms with van der Waals surface area (Å²) in [5, 5.41) is 9.79. The molecule has 0 amide bonds. The Morgan fingerprint density at radius 1 is 0.346 bits per heavy atom. The van der Waals surface area contributed by atoms with Crippen LogP contribution >= 0.6 is 0 Å². The highest BCUT2D eigenvalue weighted by atomic mass is 15.1. The Balaban J connectivity index is 1.26. The van der Waals surface area contributed by atoms with Gasteiger partial charge in [-0.1, -0.05) is 133 Å². The van der Waals surface area contributed by atoms with E-state index in [-0.39, 0.29) is 0 Å². The minimum Gasteiger partial charge on any atom is -0.308 e. The van der Waals surface area contributed by atoms with E-state index >= 15 is 0 Å². The van der Waals surface area contributed by atoms with Crippen LogP contribution < -0.4 is 0 Å². The number of fused-ring (bicyclic) bond motifs is 7. The summed E-state index contributed by atoms with van der Waals surface area (Å²) in [6.45, 7) is 0. The Labute approximate surface area is 297 Å². The summed E-state index contributed by atoms with van der Waals surface area (Å²) < 4.78 is 4.85. The van der Waals surface area contributed by atoms with Crippen LogP contribution in [0.25, 0.3) is 110 Å². The predicted octanol–water partition coefficient (Wildman–Crippen LogP) is 12.4. The SMILES string of the molecule is c1ccc(-c2ccc(-c3nc4ccccc4nc3-n3c4cccc5c6cccc7c8ccccc8n(c8cccc3c8c54)c67)c3ccccc23)cc1. The molecule has 240 valence electrons. The fourth-order valence-corrected chi connectivity index (χ4v) is 8.92. The van der Waals surface area contributed by atoms with Gasteiger partial charge in [0, 0.05) is 32.5 Å². The van der Waals surface area contributed by atoms with Crippen LogP contribution in [0.1, 0.15) is 0 Å². The van der Waals surface area contributed by atoms with Crippen LogP contribution in [0.3, 0.4) is 0 Å². The van der Waals surface area contributed by atoms with E-state index in [9.17, 15) is 0 Å². The molecule has 4 aromatic heterocycles. The minimum atomic E-state index is 0.821. The third-order valence-corrected chi connectivity index (χ3v) is 11.0. The van der Waals surface area contributed by atoms with Gasteiger partial charge in [0.05, 0.1) is 38.6 Å². The zero-order chi connectivity index (χ0) is 33.9. The number of nitrogens with zero attached hydrogens (tertiary/aromatic N) is 4. The molecule has 0 fully saturated rings. The van der Waals surface area contributed by atoms with Gasteiger partial charge in [-0.15, -0.1) is 0 Å². The van der Waals surface area contributed by atoms with Gasteiger partial charge in [0.25, 0.3) is 0 Å². The maximum Gasteiger partial charge on any atom is 0.165 e. The van der Waals surface area contributed by atoms with E-state index in [0.717, 1.165) is 44.5 Å². The molecule has 0 unspecified atom stereocenters. The first kappa shape index (κ1) is 27.7. The van der Waals surface area contributed by atoms with E-state index in [0.29, 0.717) is 0 Å².